The van der Waals surface area contributed by atoms with Gasteiger partial charge < -0.3 is 14.6 Å². The van der Waals surface area contributed by atoms with Crippen molar-refractivity contribution in [2.24, 2.45) is 5.10 Å². The van der Waals surface area contributed by atoms with Crippen molar-refractivity contribution in [3.05, 3.63) is 23.8 Å². The van der Waals surface area contributed by atoms with Gasteiger partial charge in [-0.15, -0.1) is 0 Å². The van der Waals surface area contributed by atoms with E-state index in [1.54, 1.807) is 32.9 Å². The average Bonchev–Trinajstić information content (AvgIpc) is 2.31. The van der Waals surface area contributed by atoms with E-state index in [0.29, 0.717) is 17.9 Å². The van der Waals surface area contributed by atoms with Crippen molar-refractivity contribution in [1.29, 1.82) is 0 Å². The Morgan fingerprint density at radius 2 is 2.15 bits per heavy atom. The Labute approximate surface area is 118 Å². The lowest BCUT2D eigenvalue weighted by Gasteiger charge is -2.18. The van der Waals surface area contributed by atoms with Gasteiger partial charge >= 0.3 is 6.09 Å². The third-order valence-corrected chi connectivity index (χ3v) is 2.05. The zero-order valence-electron chi connectivity index (χ0n) is 12.1. The largest absolute Gasteiger partial charge is 0.504 e. The number of rotatable bonds is 4. The van der Waals surface area contributed by atoms with E-state index in [2.05, 4.69) is 10.5 Å². The molecule has 20 heavy (non-hydrogen) atoms. The molecule has 0 aromatic heterocycles. The number of aromatic hydroxyl groups is 1. The molecule has 0 saturated heterocycles. The van der Waals surface area contributed by atoms with Gasteiger partial charge in [0.2, 0.25) is 0 Å². The van der Waals surface area contributed by atoms with E-state index in [4.69, 9.17) is 9.47 Å². The molecule has 0 radical (unpaired) electrons. The van der Waals surface area contributed by atoms with Gasteiger partial charge in [-0.05, 0) is 51.5 Å². The van der Waals surface area contributed by atoms with Gasteiger partial charge in [-0.2, -0.15) is 5.10 Å². The number of ether oxygens (including phenoxy) is 2. The van der Waals surface area contributed by atoms with Gasteiger partial charge in [-0.1, -0.05) is 0 Å². The normalized spacial score (nSPS) is 11.4. The first-order valence-electron chi connectivity index (χ1n) is 6.29. The second kappa shape index (κ2) is 6.79. The first kappa shape index (κ1) is 15.8. The Balaban J connectivity index is 2.62. The minimum Gasteiger partial charge on any atom is -0.504 e. The molecule has 0 spiro atoms. The molecule has 0 aliphatic heterocycles. The van der Waals surface area contributed by atoms with Crippen LogP contribution < -0.4 is 10.2 Å². The maximum absolute atomic E-state index is 11.4. The highest BCUT2D eigenvalue weighted by Gasteiger charge is 2.15. The third-order valence-electron chi connectivity index (χ3n) is 2.05. The van der Waals surface area contributed by atoms with Gasteiger partial charge in [0, 0.05) is 0 Å². The molecule has 1 rings (SSSR count). The first-order chi connectivity index (χ1) is 9.31. The second-order valence-corrected chi connectivity index (χ2v) is 5.03. The first-order valence-corrected chi connectivity index (χ1v) is 6.29. The highest BCUT2D eigenvalue weighted by Crippen LogP contribution is 2.26. The summed E-state index contributed by atoms with van der Waals surface area (Å²) in [6.07, 6.45) is 0.809. The van der Waals surface area contributed by atoms with E-state index in [-0.39, 0.29) is 5.75 Å². The van der Waals surface area contributed by atoms with Gasteiger partial charge in [-0.25, -0.2) is 10.2 Å². The van der Waals surface area contributed by atoms with Crippen molar-refractivity contribution in [2.75, 3.05) is 6.61 Å². The SMILES string of the molecule is CCOc1cc(/C=N/NC(=O)OC(C)(C)C)ccc1O. The predicted molar refractivity (Wildman–Crippen MR) is 76.2 cm³/mol. The molecule has 6 nitrogen and oxygen atoms in total. The lowest BCUT2D eigenvalue weighted by Crippen LogP contribution is -2.29. The molecule has 0 aliphatic rings. The molecular formula is C14H20N2O4. The summed E-state index contributed by atoms with van der Waals surface area (Å²) in [4.78, 5) is 11.4. The molecular weight excluding hydrogens is 260 g/mol. The zero-order valence-corrected chi connectivity index (χ0v) is 12.1. The van der Waals surface area contributed by atoms with Crippen molar-refractivity contribution < 1.29 is 19.4 Å². The molecule has 1 amide bonds. The van der Waals surface area contributed by atoms with Crippen LogP contribution in [0.4, 0.5) is 4.79 Å². The maximum atomic E-state index is 11.4. The summed E-state index contributed by atoms with van der Waals surface area (Å²) >= 11 is 0. The van der Waals surface area contributed by atoms with E-state index >= 15 is 0 Å². The molecule has 0 heterocycles. The Morgan fingerprint density at radius 1 is 1.45 bits per heavy atom. The van der Waals surface area contributed by atoms with Gasteiger partial charge in [-0.3, -0.25) is 0 Å². The summed E-state index contributed by atoms with van der Waals surface area (Å²) in [5.41, 5.74) is 2.37. The second-order valence-electron chi connectivity index (χ2n) is 5.03. The molecule has 0 saturated carbocycles. The van der Waals surface area contributed by atoms with E-state index in [1.165, 1.54) is 12.3 Å². The fourth-order valence-electron chi connectivity index (χ4n) is 1.34. The number of carbonyl (C=O) groups is 1. The third kappa shape index (κ3) is 5.60. The Hall–Kier alpha value is -2.24. The highest BCUT2D eigenvalue weighted by molar-refractivity contribution is 5.82. The molecule has 2 N–H and O–H groups in total. The van der Waals surface area contributed by atoms with Crippen LogP contribution in [-0.2, 0) is 4.74 Å². The van der Waals surface area contributed by atoms with E-state index < -0.39 is 11.7 Å². The number of nitrogens with one attached hydrogen (secondary N) is 1. The van der Waals surface area contributed by atoms with E-state index in [0.717, 1.165) is 0 Å². The number of phenols is 1. The van der Waals surface area contributed by atoms with E-state index in [9.17, 15) is 9.90 Å². The molecule has 0 bridgehead atoms. The van der Waals surface area contributed by atoms with Crippen LogP contribution in [-0.4, -0.2) is 29.6 Å². The van der Waals surface area contributed by atoms with Crippen molar-refractivity contribution in [3.63, 3.8) is 0 Å². The smallest absolute Gasteiger partial charge is 0.428 e. The fourth-order valence-corrected chi connectivity index (χ4v) is 1.34. The Bertz CT molecular complexity index is 492. The van der Waals surface area contributed by atoms with Crippen LogP contribution in [0.3, 0.4) is 0 Å². The molecule has 0 fully saturated rings. The summed E-state index contributed by atoms with van der Waals surface area (Å²) < 4.78 is 10.3. The number of hydrazone groups is 1. The van der Waals surface area contributed by atoms with Crippen LogP contribution in [0.25, 0.3) is 0 Å². The average molecular weight is 280 g/mol. The van der Waals surface area contributed by atoms with Crippen LogP contribution in [0.15, 0.2) is 23.3 Å². The lowest BCUT2D eigenvalue weighted by atomic mass is 10.2. The summed E-state index contributed by atoms with van der Waals surface area (Å²) in [6, 6.07) is 4.77. The highest BCUT2D eigenvalue weighted by atomic mass is 16.6. The van der Waals surface area contributed by atoms with Crippen molar-refractivity contribution in [1.82, 2.24) is 5.43 Å². The number of amides is 1. The summed E-state index contributed by atoms with van der Waals surface area (Å²) in [6.45, 7) is 7.58. The predicted octanol–water partition coefficient (Wildman–Crippen LogP) is 2.65. The summed E-state index contributed by atoms with van der Waals surface area (Å²) in [5, 5.41) is 13.3. The van der Waals surface area contributed by atoms with Crippen molar-refractivity contribution >= 4 is 12.3 Å². The Kier molecular flexibility index (Phi) is 5.37. The molecule has 6 heteroatoms. The van der Waals surface area contributed by atoms with Gasteiger partial charge in [0.15, 0.2) is 11.5 Å². The van der Waals surface area contributed by atoms with Crippen LogP contribution >= 0.6 is 0 Å². The molecule has 0 unspecified atom stereocenters. The van der Waals surface area contributed by atoms with Crippen LogP contribution in [0.1, 0.15) is 33.3 Å². The monoisotopic (exact) mass is 280 g/mol. The standard InChI is InChI=1S/C14H20N2O4/c1-5-19-12-8-10(6-7-11(12)17)9-15-16-13(18)20-14(2,3)4/h6-9,17H,5H2,1-4H3,(H,16,18)/b15-9+. The minimum atomic E-state index is -0.627. The zero-order chi connectivity index (χ0) is 15.2. The quantitative estimate of drug-likeness (QED) is 0.656. The van der Waals surface area contributed by atoms with Gasteiger partial charge in [0.1, 0.15) is 5.60 Å². The topological polar surface area (TPSA) is 80.2 Å². The molecule has 0 aliphatic carbocycles. The number of nitrogens with zero attached hydrogens (tertiary/aromatic N) is 1. The maximum Gasteiger partial charge on any atom is 0.428 e. The molecule has 1 aromatic carbocycles. The molecule has 110 valence electrons. The number of phenolic OH excluding ortho intramolecular Hbond substituents is 1. The van der Waals surface area contributed by atoms with Crippen LogP contribution in [0.2, 0.25) is 0 Å². The lowest BCUT2D eigenvalue weighted by molar-refractivity contribution is 0.0529. The van der Waals surface area contributed by atoms with Crippen LogP contribution in [0.5, 0.6) is 11.5 Å². The van der Waals surface area contributed by atoms with E-state index in [1.807, 2.05) is 6.92 Å². The van der Waals surface area contributed by atoms with Gasteiger partial charge in [0.05, 0.1) is 12.8 Å². The Morgan fingerprint density at radius 3 is 2.75 bits per heavy atom. The van der Waals surface area contributed by atoms with Crippen LogP contribution in [0, 0.1) is 0 Å². The fraction of sp³-hybridized carbons (Fsp3) is 0.429. The van der Waals surface area contributed by atoms with Gasteiger partial charge in [0.25, 0.3) is 0 Å². The van der Waals surface area contributed by atoms with Crippen molar-refractivity contribution in [3.8, 4) is 11.5 Å². The number of benzene rings is 1. The summed E-state index contributed by atoms with van der Waals surface area (Å²) in [5.74, 6) is 0.429. The summed E-state index contributed by atoms with van der Waals surface area (Å²) in [7, 11) is 0. The number of hydrogen-bond donors (Lipinski definition) is 2. The number of hydrogen-bond acceptors (Lipinski definition) is 5. The number of carbonyl (C=O) groups excluding carboxylic acids is 1. The van der Waals surface area contributed by atoms with Crippen molar-refractivity contribution in [2.45, 2.75) is 33.3 Å². The molecule has 1 aromatic rings. The molecule has 0 atom stereocenters. The minimum absolute atomic E-state index is 0.0594.